The van der Waals surface area contributed by atoms with Crippen molar-refractivity contribution in [3.8, 4) is 0 Å². The summed E-state index contributed by atoms with van der Waals surface area (Å²) < 4.78 is 22.6. The highest BCUT2D eigenvalue weighted by molar-refractivity contribution is 14.0. The smallest absolute Gasteiger partial charge is 0.238 e. The lowest BCUT2D eigenvalue weighted by Crippen LogP contribution is -2.53. The van der Waals surface area contributed by atoms with Crippen molar-refractivity contribution in [1.82, 2.24) is 15.1 Å². The molecule has 1 aliphatic rings. The third-order valence-corrected chi connectivity index (χ3v) is 4.95. The summed E-state index contributed by atoms with van der Waals surface area (Å²) in [7, 11) is -3.68. The normalized spacial score (nSPS) is 15.4. The van der Waals surface area contributed by atoms with Crippen molar-refractivity contribution in [1.29, 1.82) is 0 Å². The third kappa shape index (κ3) is 6.40. The zero-order chi connectivity index (χ0) is 18.4. The Bertz CT molecular complexity index is 729. The van der Waals surface area contributed by atoms with Gasteiger partial charge in [-0.2, -0.15) is 0 Å². The molecule has 1 heterocycles. The fourth-order valence-corrected chi connectivity index (χ4v) is 3.13. The fourth-order valence-electron chi connectivity index (χ4n) is 2.61. The molecule has 1 aliphatic heterocycles. The number of piperazine rings is 1. The van der Waals surface area contributed by atoms with E-state index in [1.165, 1.54) is 12.1 Å². The molecule has 0 spiro atoms. The summed E-state index contributed by atoms with van der Waals surface area (Å²) in [5, 5.41) is 8.36. The molecular formula is C16H26IN5O3S. The highest BCUT2D eigenvalue weighted by Crippen LogP contribution is 2.10. The number of carbonyl (C=O) groups is 1. The molecule has 1 fully saturated rings. The number of hydrogen-bond donors (Lipinski definition) is 2. The standard InChI is InChI=1S/C16H25N5O3S.HI/c1-3-18-16(21-10-8-20(9-11-21)13(2)22)19-12-14-4-6-15(7-5-14)25(17,23)24;/h4-7H,3,8-12H2,1-2H3,(H,18,19)(H2,17,23,24);1H. The van der Waals surface area contributed by atoms with Crippen LogP contribution in [0.25, 0.3) is 0 Å². The summed E-state index contributed by atoms with van der Waals surface area (Å²) in [6, 6.07) is 6.39. The summed E-state index contributed by atoms with van der Waals surface area (Å²) in [6.07, 6.45) is 0. The Labute approximate surface area is 171 Å². The average molecular weight is 495 g/mol. The van der Waals surface area contributed by atoms with Gasteiger partial charge >= 0.3 is 0 Å². The van der Waals surface area contributed by atoms with E-state index in [1.807, 2.05) is 11.8 Å². The number of carbonyl (C=O) groups excluding carboxylic acids is 1. The van der Waals surface area contributed by atoms with Crippen LogP contribution in [0, 0.1) is 0 Å². The van der Waals surface area contributed by atoms with Gasteiger partial charge in [-0.25, -0.2) is 18.5 Å². The van der Waals surface area contributed by atoms with Crippen molar-refractivity contribution in [2.24, 2.45) is 10.1 Å². The first-order valence-corrected chi connectivity index (χ1v) is 9.76. The van der Waals surface area contributed by atoms with Crippen LogP contribution < -0.4 is 10.5 Å². The lowest BCUT2D eigenvalue weighted by Gasteiger charge is -2.36. The molecule has 10 heteroatoms. The number of primary sulfonamides is 1. The van der Waals surface area contributed by atoms with E-state index in [0.29, 0.717) is 19.6 Å². The number of guanidine groups is 1. The van der Waals surface area contributed by atoms with Crippen molar-refractivity contribution in [2.45, 2.75) is 25.3 Å². The molecule has 2 rings (SSSR count). The van der Waals surface area contributed by atoms with Crippen LogP contribution in [0.1, 0.15) is 19.4 Å². The van der Waals surface area contributed by atoms with Gasteiger partial charge in [0.15, 0.2) is 5.96 Å². The Hall–Kier alpha value is -1.40. The average Bonchev–Trinajstić information content (AvgIpc) is 2.58. The van der Waals surface area contributed by atoms with Crippen LogP contribution in [0.15, 0.2) is 34.2 Å². The number of aliphatic imine (C=N–C) groups is 1. The van der Waals surface area contributed by atoms with E-state index in [-0.39, 0.29) is 34.8 Å². The van der Waals surface area contributed by atoms with Gasteiger partial charge in [0.2, 0.25) is 15.9 Å². The molecule has 1 aromatic carbocycles. The number of halogens is 1. The number of nitrogens with one attached hydrogen (secondary N) is 1. The van der Waals surface area contributed by atoms with Crippen LogP contribution >= 0.6 is 24.0 Å². The maximum Gasteiger partial charge on any atom is 0.238 e. The van der Waals surface area contributed by atoms with Crippen molar-refractivity contribution < 1.29 is 13.2 Å². The van der Waals surface area contributed by atoms with Crippen molar-refractivity contribution in [3.63, 3.8) is 0 Å². The summed E-state index contributed by atoms with van der Waals surface area (Å²) in [5.74, 6) is 0.887. The maximum absolute atomic E-state index is 11.4. The second-order valence-corrected chi connectivity index (χ2v) is 7.41. The van der Waals surface area contributed by atoms with Gasteiger partial charge in [-0.05, 0) is 24.6 Å². The van der Waals surface area contributed by atoms with Gasteiger partial charge in [-0.3, -0.25) is 4.79 Å². The van der Waals surface area contributed by atoms with Crippen molar-refractivity contribution >= 4 is 45.9 Å². The molecule has 8 nitrogen and oxygen atoms in total. The minimum Gasteiger partial charge on any atom is -0.357 e. The van der Waals surface area contributed by atoms with E-state index in [0.717, 1.165) is 31.2 Å². The second-order valence-electron chi connectivity index (χ2n) is 5.85. The summed E-state index contributed by atoms with van der Waals surface area (Å²) >= 11 is 0. The maximum atomic E-state index is 11.4. The van der Waals surface area contributed by atoms with Gasteiger partial charge < -0.3 is 15.1 Å². The summed E-state index contributed by atoms with van der Waals surface area (Å²) in [4.78, 5) is 20.1. The molecule has 0 unspecified atom stereocenters. The Morgan fingerprint density at radius 1 is 1.15 bits per heavy atom. The van der Waals surface area contributed by atoms with Crippen LogP contribution in [-0.4, -0.2) is 62.8 Å². The second kappa shape index (κ2) is 10.1. The Balaban J connectivity index is 0.00000338. The molecule has 1 saturated heterocycles. The fraction of sp³-hybridized carbons (Fsp3) is 0.500. The highest BCUT2D eigenvalue weighted by Gasteiger charge is 2.20. The minimum atomic E-state index is -3.68. The Morgan fingerprint density at radius 3 is 2.15 bits per heavy atom. The predicted molar refractivity (Wildman–Crippen MR) is 112 cm³/mol. The molecule has 0 saturated carbocycles. The van der Waals surface area contributed by atoms with E-state index in [2.05, 4.69) is 15.2 Å². The number of amides is 1. The van der Waals surface area contributed by atoms with Crippen LogP contribution in [0.4, 0.5) is 0 Å². The van der Waals surface area contributed by atoms with Crippen LogP contribution in [-0.2, 0) is 21.4 Å². The van der Waals surface area contributed by atoms with Gasteiger partial charge in [0.05, 0.1) is 11.4 Å². The zero-order valence-electron chi connectivity index (χ0n) is 15.0. The van der Waals surface area contributed by atoms with Crippen molar-refractivity contribution in [2.75, 3.05) is 32.7 Å². The van der Waals surface area contributed by atoms with Crippen LogP contribution in [0.2, 0.25) is 0 Å². The predicted octanol–water partition coefficient (Wildman–Crippen LogP) is 0.582. The van der Waals surface area contributed by atoms with Crippen LogP contribution in [0.3, 0.4) is 0 Å². The molecule has 146 valence electrons. The SMILES string of the molecule is CCNC(=NCc1ccc(S(N)(=O)=O)cc1)N1CCN(C(C)=O)CC1.I. The van der Waals surface area contributed by atoms with Crippen LogP contribution in [0.5, 0.6) is 0 Å². The van der Waals surface area contributed by atoms with E-state index >= 15 is 0 Å². The van der Waals surface area contributed by atoms with Gasteiger partial charge in [0.1, 0.15) is 0 Å². The number of hydrogen-bond acceptors (Lipinski definition) is 4. The van der Waals surface area contributed by atoms with E-state index in [1.54, 1.807) is 19.1 Å². The first-order chi connectivity index (χ1) is 11.8. The molecule has 0 bridgehead atoms. The first kappa shape index (κ1) is 22.6. The number of sulfonamides is 1. The molecule has 0 atom stereocenters. The van der Waals surface area contributed by atoms with E-state index < -0.39 is 10.0 Å². The zero-order valence-corrected chi connectivity index (χ0v) is 18.2. The number of nitrogens with zero attached hydrogens (tertiary/aromatic N) is 3. The quantitative estimate of drug-likeness (QED) is 0.361. The van der Waals surface area contributed by atoms with E-state index in [4.69, 9.17) is 5.14 Å². The van der Waals surface area contributed by atoms with E-state index in [9.17, 15) is 13.2 Å². The minimum absolute atomic E-state index is 0. The van der Waals surface area contributed by atoms with Gasteiger partial charge in [0, 0.05) is 39.6 Å². The topological polar surface area (TPSA) is 108 Å². The van der Waals surface area contributed by atoms with Gasteiger partial charge in [-0.15, -0.1) is 24.0 Å². The molecule has 0 radical (unpaired) electrons. The summed E-state index contributed by atoms with van der Waals surface area (Å²) in [5.41, 5.74) is 0.894. The first-order valence-electron chi connectivity index (χ1n) is 8.21. The Morgan fingerprint density at radius 2 is 1.69 bits per heavy atom. The third-order valence-electron chi connectivity index (χ3n) is 4.02. The lowest BCUT2D eigenvalue weighted by atomic mass is 10.2. The number of nitrogens with two attached hydrogens (primary N) is 1. The Kier molecular flexibility index (Phi) is 8.77. The molecule has 1 amide bonds. The van der Waals surface area contributed by atoms with Gasteiger partial charge in [0.25, 0.3) is 0 Å². The molecule has 3 N–H and O–H groups in total. The molecule has 26 heavy (non-hydrogen) atoms. The van der Waals surface area contributed by atoms with Crippen molar-refractivity contribution in [3.05, 3.63) is 29.8 Å². The van der Waals surface area contributed by atoms with Gasteiger partial charge in [-0.1, -0.05) is 12.1 Å². The number of benzene rings is 1. The molecule has 0 aliphatic carbocycles. The number of rotatable bonds is 4. The highest BCUT2D eigenvalue weighted by atomic mass is 127. The largest absolute Gasteiger partial charge is 0.357 e. The molecule has 0 aromatic heterocycles. The lowest BCUT2D eigenvalue weighted by molar-refractivity contribution is -0.130. The monoisotopic (exact) mass is 495 g/mol. The molecule has 1 aromatic rings. The summed E-state index contributed by atoms with van der Waals surface area (Å²) in [6.45, 7) is 7.59. The molecular weight excluding hydrogens is 469 g/mol.